The van der Waals surface area contributed by atoms with Gasteiger partial charge in [-0.15, -0.1) is 11.6 Å². The summed E-state index contributed by atoms with van der Waals surface area (Å²) in [6, 6.07) is 15.9. The second kappa shape index (κ2) is 5.51. The number of alkyl halides is 1. The number of nitrogens with zero attached hydrogens (tertiary/aromatic N) is 1. The van der Waals surface area contributed by atoms with Crippen molar-refractivity contribution in [1.82, 2.24) is 4.98 Å². The summed E-state index contributed by atoms with van der Waals surface area (Å²) in [5.74, 6) is 0.681. The third kappa shape index (κ3) is 2.77. The van der Waals surface area contributed by atoms with Crippen molar-refractivity contribution in [3.8, 4) is 0 Å². The number of para-hydroxylation sites is 2. The van der Waals surface area contributed by atoms with Gasteiger partial charge in [0.2, 0.25) is 0 Å². The van der Waals surface area contributed by atoms with Gasteiger partial charge in [0, 0.05) is 9.99 Å². The number of benzene rings is 2. The smallest absolute Gasteiger partial charge is 0.197 e. The monoisotopic (exact) mass is 383 g/mol. The molecule has 0 bridgehead atoms. The lowest BCUT2D eigenvalue weighted by Crippen LogP contribution is -1.98. The van der Waals surface area contributed by atoms with Gasteiger partial charge in [-0.25, -0.2) is 4.98 Å². The minimum absolute atomic E-state index is 0.124. The second-order valence-corrected chi connectivity index (χ2v) is 5.96. The first-order chi connectivity index (χ1) is 9.24. The molecule has 4 heteroatoms. The second-order valence-electron chi connectivity index (χ2n) is 4.27. The van der Waals surface area contributed by atoms with Crippen LogP contribution in [0.2, 0.25) is 0 Å². The van der Waals surface area contributed by atoms with Gasteiger partial charge in [-0.3, -0.25) is 0 Å². The molecule has 3 rings (SSSR count). The zero-order valence-electron chi connectivity index (χ0n) is 10.0. The Morgan fingerprint density at radius 2 is 1.84 bits per heavy atom. The van der Waals surface area contributed by atoms with Crippen LogP contribution in [0, 0.1) is 3.57 Å². The van der Waals surface area contributed by atoms with Crippen molar-refractivity contribution in [2.45, 2.75) is 11.8 Å². The third-order valence-corrected chi connectivity index (χ3v) is 4.31. The summed E-state index contributed by atoms with van der Waals surface area (Å²) in [6.45, 7) is 0. The summed E-state index contributed by atoms with van der Waals surface area (Å²) in [5, 5.41) is -0.124. The van der Waals surface area contributed by atoms with Crippen LogP contribution in [0.15, 0.2) is 52.9 Å². The fourth-order valence-electron chi connectivity index (χ4n) is 2.00. The summed E-state index contributed by atoms with van der Waals surface area (Å²) in [4.78, 5) is 4.45. The molecule has 0 aliphatic heterocycles. The van der Waals surface area contributed by atoms with Gasteiger partial charge in [0.25, 0.3) is 0 Å². The first kappa shape index (κ1) is 12.9. The van der Waals surface area contributed by atoms with Crippen molar-refractivity contribution in [1.29, 1.82) is 0 Å². The average Bonchev–Trinajstić information content (AvgIpc) is 2.81. The van der Waals surface area contributed by atoms with E-state index < -0.39 is 0 Å². The fraction of sp³-hybridized carbons (Fsp3) is 0.133. The SMILES string of the molecule is ClC(Cc1nc2ccccc2o1)c1ccccc1I. The maximum Gasteiger partial charge on any atom is 0.197 e. The van der Waals surface area contributed by atoms with Crippen LogP contribution in [0.3, 0.4) is 0 Å². The molecule has 1 aromatic heterocycles. The molecule has 2 aromatic carbocycles. The highest BCUT2D eigenvalue weighted by atomic mass is 127. The zero-order valence-corrected chi connectivity index (χ0v) is 12.9. The van der Waals surface area contributed by atoms with E-state index in [9.17, 15) is 0 Å². The van der Waals surface area contributed by atoms with E-state index in [1.807, 2.05) is 42.5 Å². The Bertz CT molecular complexity index is 677. The Hall–Kier alpha value is -1.07. The highest BCUT2D eigenvalue weighted by Gasteiger charge is 2.15. The van der Waals surface area contributed by atoms with Gasteiger partial charge in [-0.05, 0) is 46.4 Å². The molecule has 0 fully saturated rings. The van der Waals surface area contributed by atoms with Gasteiger partial charge in [-0.1, -0.05) is 30.3 Å². The Kier molecular flexibility index (Phi) is 3.75. The summed E-state index contributed by atoms with van der Waals surface area (Å²) >= 11 is 8.77. The first-order valence-corrected chi connectivity index (χ1v) is 7.48. The van der Waals surface area contributed by atoms with Crippen LogP contribution in [0.4, 0.5) is 0 Å². The molecule has 19 heavy (non-hydrogen) atoms. The molecule has 0 saturated carbocycles. The van der Waals surface area contributed by atoms with Gasteiger partial charge in [-0.2, -0.15) is 0 Å². The Labute approximate surface area is 129 Å². The van der Waals surface area contributed by atoms with E-state index in [0.29, 0.717) is 12.3 Å². The van der Waals surface area contributed by atoms with Gasteiger partial charge in [0.15, 0.2) is 11.5 Å². The van der Waals surface area contributed by atoms with Crippen LogP contribution in [-0.4, -0.2) is 4.98 Å². The van der Waals surface area contributed by atoms with Crippen molar-refractivity contribution in [3.63, 3.8) is 0 Å². The zero-order chi connectivity index (χ0) is 13.2. The van der Waals surface area contributed by atoms with Crippen molar-refractivity contribution >= 4 is 45.3 Å². The topological polar surface area (TPSA) is 26.0 Å². The molecule has 1 heterocycles. The van der Waals surface area contributed by atoms with Gasteiger partial charge in [0.05, 0.1) is 5.38 Å². The minimum atomic E-state index is -0.124. The lowest BCUT2D eigenvalue weighted by Gasteiger charge is -2.09. The molecule has 0 aliphatic rings. The molecule has 0 spiro atoms. The van der Waals surface area contributed by atoms with Crippen LogP contribution in [0.1, 0.15) is 16.8 Å². The van der Waals surface area contributed by atoms with Crippen LogP contribution >= 0.6 is 34.2 Å². The number of oxazole rings is 1. The van der Waals surface area contributed by atoms with Crippen molar-refractivity contribution in [3.05, 3.63) is 63.6 Å². The van der Waals surface area contributed by atoms with Crippen molar-refractivity contribution in [2.24, 2.45) is 0 Å². The van der Waals surface area contributed by atoms with E-state index in [0.717, 1.165) is 20.2 Å². The molecule has 0 aliphatic carbocycles. The van der Waals surface area contributed by atoms with Gasteiger partial charge in [0.1, 0.15) is 5.52 Å². The molecule has 0 radical (unpaired) electrons. The molecule has 1 unspecified atom stereocenters. The van der Waals surface area contributed by atoms with E-state index >= 15 is 0 Å². The molecule has 0 saturated heterocycles. The summed E-state index contributed by atoms with van der Waals surface area (Å²) in [7, 11) is 0. The van der Waals surface area contributed by atoms with Crippen molar-refractivity contribution in [2.75, 3.05) is 0 Å². The van der Waals surface area contributed by atoms with E-state index in [4.69, 9.17) is 16.0 Å². The molecule has 96 valence electrons. The third-order valence-electron chi connectivity index (χ3n) is 2.93. The highest BCUT2D eigenvalue weighted by Crippen LogP contribution is 2.29. The molecule has 2 nitrogen and oxygen atoms in total. The molecular formula is C15H11ClINO. The lowest BCUT2D eigenvalue weighted by atomic mass is 10.1. The normalized spacial score (nSPS) is 12.7. The molecule has 0 amide bonds. The van der Waals surface area contributed by atoms with E-state index in [1.165, 1.54) is 0 Å². The molecular weight excluding hydrogens is 373 g/mol. The summed E-state index contributed by atoms with van der Waals surface area (Å²) in [6.07, 6.45) is 0.594. The highest BCUT2D eigenvalue weighted by molar-refractivity contribution is 14.1. The number of rotatable bonds is 3. The summed E-state index contributed by atoms with van der Waals surface area (Å²) in [5.41, 5.74) is 2.81. The van der Waals surface area contributed by atoms with Crippen LogP contribution in [-0.2, 0) is 6.42 Å². The van der Waals surface area contributed by atoms with Crippen LogP contribution in [0.5, 0.6) is 0 Å². The largest absolute Gasteiger partial charge is 0.441 e. The fourth-order valence-corrected chi connectivity index (χ4v) is 3.27. The van der Waals surface area contributed by atoms with Crippen molar-refractivity contribution < 1.29 is 4.42 Å². The maximum atomic E-state index is 6.47. The number of hydrogen-bond donors (Lipinski definition) is 0. The standard InChI is InChI=1S/C15H11ClINO/c16-11(10-5-1-2-6-12(10)17)9-15-18-13-7-3-4-8-14(13)19-15/h1-8,11H,9H2. The Morgan fingerprint density at radius 1 is 1.11 bits per heavy atom. The van der Waals surface area contributed by atoms with E-state index in [-0.39, 0.29) is 5.38 Å². The van der Waals surface area contributed by atoms with Gasteiger partial charge >= 0.3 is 0 Å². The van der Waals surface area contributed by atoms with Crippen LogP contribution in [0.25, 0.3) is 11.1 Å². The molecule has 3 aromatic rings. The Balaban J connectivity index is 1.86. The number of fused-ring (bicyclic) bond motifs is 1. The van der Waals surface area contributed by atoms with Gasteiger partial charge < -0.3 is 4.42 Å². The predicted octanol–water partition coefficient (Wildman–Crippen LogP) is 4.96. The molecule has 1 atom stereocenters. The van der Waals surface area contributed by atoms with Crippen LogP contribution < -0.4 is 0 Å². The molecule has 0 N–H and O–H groups in total. The predicted molar refractivity (Wildman–Crippen MR) is 85.5 cm³/mol. The number of hydrogen-bond acceptors (Lipinski definition) is 2. The van der Waals surface area contributed by atoms with E-state index in [1.54, 1.807) is 0 Å². The number of halogens is 2. The summed E-state index contributed by atoms with van der Waals surface area (Å²) < 4.78 is 6.87. The lowest BCUT2D eigenvalue weighted by molar-refractivity contribution is 0.525. The quantitative estimate of drug-likeness (QED) is 0.472. The minimum Gasteiger partial charge on any atom is -0.441 e. The van der Waals surface area contributed by atoms with E-state index in [2.05, 4.69) is 33.6 Å². The Morgan fingerprint density at radius 3 is 2.63 bits per heavy atom. The first-order valence-electron chi connectivity index (χ1n) is 5.97. The number of aromatic nitrogens is 1. The maximum absolute atomic E-state index is 6.47. The average molecular weight is 384 g/mol.